The van der Waals surface area contributed by atoms with E-state index in [4.69, 9.17) is 22.9 Å². The van der Waals surface area contributed by atoms with E-state index in [9.17, 15) is 38.7 Å². The highest BCUT2D eigenvalue weighted by atomic mass is 16.4. The number of aliphatic carboxylic acids is 1. The number of nitrogens with two attached hydrogens (primary N) is 4. The van der Waals surface area contributed by atoms with Crippen molar-refractivity contribution in [3.8, 4) is 0 Å². The molecule has 0 heterocycles. The average molecular weight is 502 g/mol. The standard InChI is InChI=1S/C20H35N7O8/c1-9(2)16(19(33)26-12(20(34)35)5-8-15(24)30)27-18(32)11(4-7-14(23)29)25-17(31)10(21)3-6-13(22)28/h9-12,16H,3-8,21H2,1-2H3,(H2,22,28)(H2,23,29)(H2,24,30)(H,25,31)(H,26,33)(H,27,32)(H,34,35). The molecule has 0 aliphatic heterocycles. The van der Waals surface area contributed by atoms with Gasteiger partial charge >= 0.3 is 5.97 Å². The fourth-order valence-corrected chi connectivity index (χ4v) is 2.86. The van der Waals surface area contributed by atoms with E-state index in [1.807, 2.05) is 0 Å². The molecular weight excluding hydrogens is 466 g/mol. The minimum atomic E-state index is -1.43. The number of nitrogens with one attached hydrogen (secondary N) is 3. The Hall–Kier alpha value is -3.75. The van der Waals surface area contributed by atoms with Crippen LogP contribution >= 0.6 is 0 Å². The summed E-state index contributed by atoms with van der Waals surface area (Å²) < 4.78 is 0. The summed E-state index contributed by atoms with van der Waals surface area (Å²) in [5, 5.41) is 16.3. The van der Waals surface area contributed by atoms with Gasteiger partial charge in [0.15, 0.2) is 0 Å². The molecule has 0 aliphatic rings. The molecular formula is C20H35N7O8. The molecule has 0 rings (SSSR count). The highest BCUT2D eigenvalue weighted by Gasteiger charge is 2.32. The van der Waals surface area contributed by atoms with E-state index in [-0.39, 0.29) is 38.5 Å². The van der Waals surface area contributed by atoms with Crippen LogP contribution in [0.4, 0.5) is 0 Å². The van der Waals surface area contributed by atoms with Gasteiger partial charge in [-0.3, -0.25) is 28.8 Å². The van der Waals surface area contributed by atoms with Crippen molar-refractivity contribution < 1.29 is 38.7 Å². The van der Waals surface area contributed by atoms with Crippen LogP contribution in [0.2, 0.25) is 0 Å². The first-order chi connectivity index (χ1) is 16.1. The van der Waals surface area contributed by atoms with Gasteiger partial charge in [0.25, 0.3) is 0 Å². The van der Waals surface area contributed by atoms with Gasteiger partial charge in [0.05, 0.1) is 6.04 Å². The van der Waals surface area contributed by atoms with Crippen LogP contribution < -0.4 is 38.9 Å². The third kappa shape index (κ3) is 12.9. The quantitative estimate of drug-likeness (QED) is 0.0971. The van der Waals surface area contributed by atoms with Crippen LogP contribution in [0, 0.1) is 5.92 Å². The second-order valence-corrected chi connectivity index (χ2v) is 8.31. The Morgan fingerprint density at radius 3 is 1.51 bits per heavy atom. The van der Waals surface area contributed by atoms with Gasteiger partial charge in [0.1, 0.15) is 18.1 Å². The Kier molecular flexibility index (Phi) is 13.6. The maximum absolute atomic E-state index is 12.9. The lowest BCUT2D eigenvalue weighted by Crippen LogP contribution is -2.58. The smallest absolute Gasteiger partial charge is 0.326 e. The van der Waals surface area contributed by atoms with Gasteiger partial charge in [0, 0.05) is 19.3 Å². The van der Waals surface area contributed by atoms with Crippen molar-refractivity contribution in [3.05, 3.63) is 0 Å². The maximum atomic E-state index is 12.9. The minimum absolute atomic E-state index is 0.0791. The summed E-state index contributed by atoms with van der Waals surface area (Å²) in [4.78, 5) is 82.4. The fourth-order valence-electron chi connectivity index (χ4n) is 2.86. The monoisotopic (exact) mass is 501 g/mol. The van der Waals surface area contributed by atoms with Gasteiger partial charge in [-0.15, -0.1) is 0 Å². The number of carboxylic acids is 1. The molecule has 15 nitrogen and oxygen atoms in total. The number of carbonyl (C=O) groups is 7. The van der Waals surface area contributed by atoms with E-state index in [0.29, 0.717) is 0 Å². The molecule has 0 saturated carbocycles. The Morgan fingerprint density at radius 1 is 0.657 bits per heavy atom. The molecule has 0 aromatic carbocycles. The summed E-state index contributed by atoms with van der Waals surface area (Å²) >= 11 is 0. The summed E-state index contributed by atoms with van der Waals surface area (Å²) in [6.07, 6.45) is -1.27. The van der Waals surface area contributed by atoms with Crippen molar-refractivity contribution in [1.29, 1.82) is 0 Å². The zero-order chi connectivity index (χ0) is 27.3. The molecule has 12 N–H and O–H groups in total. The predicted molar refractivity (Wildman–Crippen MR) is 122 cm³/mol. The lowest BCUT2D eigenvalue weighted by molar-refractivity contribution is -0.143. The second kappa shape index (κ2) is 15.2. The molecule has 0 aromatic rings. The summed E-state index contributed by atoms with van der Waals surface area (Å²) in [5.74, 6) is -6.56. The van der Waals surface area contributed by atoms with Crippen molar-refractivity contribution in [2.75, 3.05) is 0 Å². The molecule has 4 atom stereocenters. The zero-order valence-electron chi connectivity index (χ0n) is 19.7. The van der Waals surface area contributed by atoms with Gasteiger partial charge in [-0.25, -0.2) is 4.79 Å². The fraction of sp³-hybridized carbons (Fsp3) is 0.650. The molecule has 0 spiro atoms. The SMILES string of the molecule is CC(C)C(NC(=O)C(CCC(N)=O)NC(=O)C(N)CCC(N)=O)C(=O)NC(CCC(N)=O)C(=O)O. The topological polar surface area (TPSA) is 280 Å². The summed E-state index contributed by atoms with van der Waals surface area (Å²) in [6.45, 7) is 3.17. The normalized spacial score (nSPS) is 14.2. The van der Waals surface area contributed by atoms with Crippen molar-refractivity contribution in [1.82, 2.24) is 16.0 Å². The number of amides is 6. The van der Waals surface area contributed by atoms with Crippen LogP contribution in [0.3, 0.4) is 0 Å². The Balaban J connectivity index is 5.47. The average Bonchev–Trinajstić information content (AvgIpc) is 2.74. The Bertz CT molecular complexity index is 817. The first-order valence-electron chi connectivity index (χ1n) is 10.9. The highest BCUT2D eigenvalue weighted by Crippen LogP contribution is 2.07. The Morgan fingerprint density at radius 2 is 1.09 bits per heavy atom. The lowest BCUT2D eigenvalue weighted by atomic mass is 10.0. The lowest BCUT2D eigenvalue weighted by Gasteiger charge is -2.27. The largest absolute Gasteiger partial charge is 0.480 e. The first-order valence-corrected chi connectivity index (χ1v) is 10.9. The van der Waals surface area contributed by atoms with Crippen LogP contribution in [-0.2, 0) is 33.6 Å². The van der Waals surface area contributed by atoms with Crippen LogP contribution in [0.25, 0.3) is 0 Å². The van der Waals surface area contributed by atoms with E-state index in [0.717, 1.165) is 0 Å². The predicted octanol–water partition coefficient (Wildman–Crippen LogP) is -3.69. The van der Waals surface area contributed by atoms with Gasteiger partial charge in [-0.2, -0.15) is 0 Å². The number of rotatable bonds is 17. The van der Waals surface area contributed by atoms with E-state index in [1.165, 1.54) is 0 Å². The molecule has 0 aromatic heterocycles. The molecule has 35 heavy (non-hydrogen) atoms. The van der Waals surface area contributed by atoms with Crippen LogP contribution in [0.15, 0.2) is 0 Å². The molecule has 6 amide bonds. The van der Waals surface area contributed by atoms with Gasteiger partial charge in [0.2, 0.25) is 35.4 Å². The van der Waals surface area contributed by atoms with E-state index < -0.39 is 71.5 Å². The summed E-state index contributed by atoms with van der Waals surface area (Å²) in [5.41, 5.74) is 20.9. The Labute approximate surface area is 202 Å². The van der Waals surface area contributed by atoms with Crippen molar-refractivity contribution in [2.45, 2.75) is 76.5 Å². The van der Waals surface area contributed by atoms with Crippen molar-refractivity contribution in [3.63, 3.8) is 0 Å². The minimum Gasteiger partial charge on any atom is -0.480 e. The van der Waals surface area contributed by atoms with Gasteiger partial charge in [-0.05, 0) is 25.2 Å². The van der Waals surface area contributed by atoms with Crippen LogP contribution in [0.5, 0.6) is 0 Å². The maximum Gasteiger partial charge on any atom is 0.326 e. The molecule has 0 bridgehead atoms. The van der Waals surface area contributed by atoms with Crippen molar-refractivity contribution in [2.24, 2.45) is 28.9 Å². The zero-order valence-corrected chi connectivity index (χ0v) is 19.7. The van der Waals surface area contributed by atoms with Crippen LogP contribution in [0.1, 0.15) is 52.4 Å². The molecule has 4 unspecified atom stereocenters. The number of carbonyl (C=O) groups excluding carboxylic acids is 6. The molecule has 0 saturated heterocycles. The van der Waals surface area contributed by atoms with Crippen molar-refractivity contribution >= 4 is 41.4 Å². The summed E-state index contributed by atoms with van der Waals surface area (Å²) in [6, 6.07) is -5.14. The number of carboxylic acid groups (broad SMARTS) is 1. The van der Waals surface area contributed by atoms with E-state index in [2.05, 4.69) is 16.0 Å². The number of hydrogen-bond donors (Lipinski definition) is 8. The molecule has 15 heteroatoms. The first kappa shape index (κ1) is 31.2. The second-order valence-electron chi connectivity index (χ2n) is 8.31. The molecule has 0 radical (unpaired) electrons. The van der Waals surface area contributed by atoms with E-state index in [1.54, 1.807) is 13.8 Å². The van der Waals surface area contributed by atoms with Crippen LogP contribution in [-0.4, -0.2) is 70.7 Å². The highest BCUT2D eigenvalue weighted by molar-refractivity contribution is 5.94. The number of primary amides is 3. The molecule has 0 fully saturated rings. The summed E-state index contributed by atoms with van der Waals surface area (Å²) in [7, 11) is 0. The van der Waals surface area contributed by atoms with Gasteiger partial charge in [-0.1, -0.05) is 13.8 Å². The molecule has 0 aliphatic carbocycles. The third-order valence-electron chi connectivity index (χ3n) is 4.89. The van der Waals surface area contributed by atoms with Gasteiger partial charge < -0.3 is 44.0 Å². The van der Waals surface area contributed by atoms with E-state index >= 15 is 0 Å². The number of hydrogen-bond acceptors (Lipinski definition) is 8. The third-order valence-corrected chi connectivity index (χ3v) is 4.89. The molecule has 198 valence electrons.